The first-order valence-corrected chi connectivity index (χ1v) is 5.55. The summed E-state index contributed by atoms with van der Waals surface area (Å²) in [4.78, 5) is 12.1. The van der Waals surface area contributed by atoms with E-state index in [2.05, 4.69) is 13.0 Å². The number of hydrogen-bond acceptors (Lipinski definition) is 2. The van der Waals surface area contributed by atoms with E-state index in [9.17, 15) is 4.79 Å². The second-order valence-corrected chi connectivity index (χ2v) is 4.52. The van der Waals surface area contributed by atoms with Crippen LogP contribution in [0.5, 0.6) is 0 Å². The van der Waals surface area contributed by atoms with Crippen LogP contribution in [0.1, 0.15) is 27.7 Å². The molecule has 2 heteroatoms. The van der Waals surface area contributed by atoms with Gasteiger partial charge in [-0.15, -0.1) is 11.3 Å². The molecule has 2 rings (SSSR count). The molecule has 72 valence electrons. The van der Waals surface area contributed by atoms with E-state index in [-0.39, 0.29) is 0 Å². The van der Waals surface area contributed by atoms with Gasteiger partial charge in [0.25, 0.3) is 0 Å². The van der Waals surface area contributed by atoms with E-state index in [4.69, 9.17) is 0 Å². The first-order chi connectivity index (χ1) is 6.76. The summed E-state index contributed by atoms with van der Waals surface area (Å²) >= 11 is 1.79. The fourth-order valence-electron chi connectivity index (χ4n) is 1.61. The maximum absolute atomic E-state index is 10.8. The molecule has 1 aromatic carbocycles. The Bertz CT molecular complexity index is 482. The van der Waals surface area contributed by atoms with Crippen molar-refractivity contribution in [2.45, 2.75) is 20.3 Å². The minimum Gasteiger partial charge on any atom is -0.298 e. The molecule has 0 aliphatic rings. The molecule has 0 N–H and O–H groups in total. The summed E-state index contributed by atoms with van der Waals surface area (Å²) in [5, 5.41) is 1.26. The Morgan fingerprint density at radius 1 is 1.43 bits per heavy atom. The number of aryl methyl sites for hydroxylation is 2. The highest BCUT2D eigenvalue weighted by Gasteiger charge is 2.06. The average molecular weight is 204 g/mol. The number of benzene rings is 1. The molecule has 1 aromatic heterocycles. The normalized spacial score (nSPS) is 10.7. The smallest absolute Gasteiger partial charge is 0.150 e. The largest absolute Gasteiger partial charge is 0.298 e. The summed E-state index contributed by atoms with van der Waals surface area (Å²) in [6.45, 7) is 4.17. The maximum Gasteiger partial charge on any atom is 0.150 e. The van der Waals surface area contributed by atoms with Gasteiger partial charge in [-0.2, -0.15) is 0 Å². The van der Waals surface area contributed by atoms with Gasteiger partial charge in [0.1, 0.15) is 6.29 Å². The SMILES string of the molecule is CCc1cc2ccc(C=O)c(C)c2s1. The van der Waals surface area contributed by atoms with Crippen LogP contribution in [0.2, 0.25) is 0 Å². The first kappa shape index (κ1) is 9.41. The molecule has 1 nitrogen and oxygen atoms in total. The van der Waals surface area contributed by atoms with Gasteiger partial charge in [0.05, 0.1) is 0 Å². The van der Waals surface area contributed by atoms with E-state index in [1.807, 2.05) is 19.1 Å². The zero-order chi connectivity index (χ0) is 10.1. The predicted molar refractivity (Wildman–Crippen MR) is 61.3 cm³/mol. The molecule has 0 saturated heterocycles. The highest BCUT2D eigenvalue weighted by Crippen LogP contribution is 2.30. The molecule has 0 saturated carbocycles. The quantitative estimate of drug-likeness (QED) is 0.683. The van der Waals surface area contributed by atoms with Gasteiger partial charge < -0.3 is 0 Å². The van der Waals surface area contributed by atoms with Crippen LogP contribution in [-0.2, 0) is 6.42 Å². The minimum absolute atomic E-state index is 0.807. The number of fused-ring (bicyclic) bond motifs is 1. The van der Waals surface area contributed by atoms with E-state index < -0.39 is 0 Å². The number of thiophene rings is 1. The van der Waals surface area contributed by atoms with Crippen LogP contribution in [0.15, 0.2) is 18.2 Å². The summed E-state index contributed by atoms with van der Waals surface area (Å²) in [5.74, 6) is 0. The van der Waals surface area contributed by atoms with Crippen LogP contribution in [0, 0.1) is 6.92 Å². The van der Waals surface area contributed by atoms with Gasteiger partial charge >= 0.3 is 0 Å². The Hall–Kier alpha value is -1.15. The Balaban J connectivity index is 2.74. The van der Waals surface area contributed by atoms with Gasteiger partial charge in [-0.1, -0.05) is 19.1 Å². The number of carbonyl (C=O) groups excluding carboxylic acids is 1. The molecule has 0 atom stereocenters. The zero-order valence-electron chi connectivity index (χ0n) is 8.33. The maximum atomic E-state index is 10.8. The average Bonchev–Trinajstić information content (AvgIpc) is 2.62. The minimum atomic E-state index is 0.807. The van der Waals surface area contributed by atoms with Crippen molar-refractivity contribution in [3.05, 3.63) is 34.2 Å². The van der Waals surface area contributed by atoms with Crippen LogP contribution in [-0.4, -0.2) is 6.29 Å². The van der Waals surface area contributed by atoms with Crippen LogP contribution >= 0.6 is 11.3 Å². The summed E-state index contributed by atoms with van der Waals surface area (Å²) < 4.78 is 1.26. The molecule has 0 amide bonds. The van der Waals surface area contributed by atoms with E-state index in [0.29, 0.717) is 0 Å². The third-order valence-electron chi connectivity index (χ3n) is 2.50. The van der Waals surface area contributed by atoms with Crippen LogP contribution in [0.4, 0.5) is 0 Å². The van der Waals surface area contributed by atoms with Crippen molar-refractivity contribution in [2.75, 3.05) is 0 Å². The molecular weight excluding hydrogens is 192 g/mol. The van der Waals surface area contributed by atoms with E-state index in [0.717, 1.165) is 23.8 Å². The van der Waals surface area contributed by atoms with Gasteiger partial charge in [0.2, 0.25) is 0 Å². The molecule has 0 aliphatic heterocycles. The summed E-state index contributed by atoms with van der Waals surface area (Å²) in [6, 6.07) is 6.14. The molecule has 0 aliphatic carbocycles. The van der Waals surface area contributed by atoms with E-state index in [1.54, 1.807) is 11.3 Å². The topological polar surface area (TPSA) is 17.1 Å². The Kier molecular flexibility index (Phi) is 2.38. The van der Waals surface area contributed by atoms with Crippen molar-refractivity contribution in [3.8, 4) is 0 Å². The van der Waals surface area contributed by atoms with E-state index in [1.165, 1.54) is 15.0 Å². The summed E-state index contributed by atoms with van der Waals surface area (Å²) in [6.07, 6.45) is 2.00. The first-order valence-electron chi connectivity index (χ1n) is 4.73. The Morgan fingerprint density at radius 3 is 2.86 bits per heavy atom. The lowest BCUT2D eigenvalue weighted by molar-refractivity contribution is 0.112. The molecule has 0 unspecified atom stereocenters. The summed E-state index contributed by atoms with van der Waals surface area (Å²) in [5.41, 5.74) is 1.92. The van der Waals surface area contributed by atoms with Crippen molar-refractivity contribution in [1.29, 1.82) is 0 Å². The fraction of sp³-hybridized carbons (Fsp3) is 0.250. The zero-order valence-corrected chi connectivity index (χ0v) is 9.15. The molecule has 2 aromatic rings. The standard InChI is InChI=1S/C12H12OS/c1-3-11-6-9-4-5-10(7-13)8(2)12(9)14-11/h4-7H,3H2,1-2H3. The van der Waals surface area contributed by atoms with Crippen LogP contribution < -0.4 is 0 Å². The molecule has 0 spiro atoms. The molecule has 0 radical (unpaired) electrons. The van der Waals surface area contributed by atoms with Crippen molar-refractivity contribution in [2.24, 2.45) is 0 Å². The molecule has 0 fully saturated rings. The highest BCUT2D eigenvalue weighted by molar-refractivity contribution is 7.19. The third-order valence-corrected chi connectivity index (χ3v) is 3.92. The van der Waals surface area contributed by atoms with Gasteiger partial charge in [0.15, 0.2) is 0 Å². The van der Waals surface area contributed by atoms with Gasteiger partial charge in [-0.25, -0.2) is 0 Å². The summed E-state index contributed by atoms with van der Waals surface area (Å²) in [7, 11) is 0. The lowest BCUT2D eigenvalue weighted by Crippen LogP contribution is -1.84. The van der Waals surface area contributed by atoms with Crippen molar-refractivity contribution in [1.82, 2.24) is 0 Å². The Labute approximate surface area is 87.4 Å². The van der Waals surface area contributed by atoms with Crippen molar-refractivity contribution in [3.63, 3.8) is 0 Å². The second-order valence-electron chi connectivity index (χ2n) is 3.38. The molecular formula is C12H12OS. The Morgan fingerprint density at radius 2 is 2.21 bits per heavy atom. The van der Waals surface area contributed by atoms with Gasteiger partial charge in [-0.3, -0.25) is 4.79 Å². The fourth-order valence-corrected chi connectivity index (χ4v) is 2.72. The van der Waals surface area contributed by atoms with Crippen molar-refractivity contribution < 1.29 is 4.79 Å². The van der Waals surface area contributed by atoms with Crippen molar-refractivity contribution >= 4 is 27.7 Å². The lowest BCUT2D eigenvalue weighted by atomic mass is 10.1. The number of aldehydes is 1. The molecule has 14 heavy (non-hydrogen) atoms. The number of rotatable bonds is 2. The number of carbonyl (C=O) groups is 1. The number of hydrogen-bond donors (Lipinski definition) is 0. The molecule has 0 bridgehead atoms. The highest BCUT2D eigenvalue weighted by atomic mass is 32.1. The van der Waals surface area contributed by atoms with E-state index >= 15 is 0 Å². The van der Waals surface area contributed by atoms with Crippen LogP contribution in [0.25, 0.3) is 10.1 Å². The monoisotopic (exact) mass is 204 g/mol. The predicted octanol–water partition coefficient (Wildman–Crippen LogP) is 3.58. The van der Waals surface area contributed by atoms with Gasteiger partial charge in [0, 0.05) is 15.1 Å². The second kappa shape index (κ2) is 3.54. The molecule has 1 heterocycles. The van der Waals surface area contributed by atoms with Gasteiger partial charge in [-0.05, 0) is 30.4 Å². The van der Waals surface area contributed by atoms with Crippen LogP contribution in [0.3, 0.4) is 0 Å². The lowest BCUT2D eigenvalue weighted by Gasteiger charge is -1.98. The third kappa shape index (κ3) is 1.36.